The van der Waals surface area contributed by atoms with Gasteiger partial charge in [0.2, 0.25) is 0 Å². The maximum absolute atomic E-state index is 13.0. The average Bonchev–Trinajstić information content (AvgIpc) is 3.04. The first-order valence-electron chi connectivity index (χ1n) is 9.95. The number of carbonyl (C=O) groups is 2. The number of halogens is 1. The van der Waals surface area contributed by atoms with Crippen molar-refractivity contribution in [3.63, 3.8) is 0 Å². The molecule has 1 amide bonds. The highest BCUT2D eigenvalue weighted by molar-refractivity contribution is 6.46. The predicted octanol–water partition coefficient (Wildman–Crippen LogP) is 3.09. The minimum atomic E-state index is -0.668. The summed E-state index contributed by atoms with van der Waals surface area (Å²) in [7, 11) is 0. The Labute approximate surface area is 180 Å². The van der Waals surface area contributed by atoms with Crippen LogP contribution in [0.5, 0.6) is 0 Å². The van der Waals surface area contributed by atoms with Crippen LogP contribution in [0.4, 0.5) is 0 Å². The molecule has 6 nitrogen and oxygen atoms in total. The third-order valence-corrected chi connectivity index (χ3v) is 5.79. The molecule has 2 saturated heterocycles. The van der Waals surface area contributed by atoms with Gasteiger partial charge < -0.3 is 14.7 Å². The summed E-state index contributed by atoms with van der Waals surface area (Å²) in [5, 5.41) is 11.5. The Bertz CT molecular complexity index is 953. The molecule has 0 aromatic heterocycles. The van der Waals surface area contributed by atoms with Gasteiger partial charge in [-0.3, -0.25) is 14.5 Å². The molecule has 0 radical (unpaired) electrons. The predicted molar refractivity (Wildman–Crippen MR) is 114 cm³/mol. The summed E-state index contributed by atoms with van der Waals surface area (Å²) < 4.78 is 5.38. The monoisotopic (exact) mass is 426 g/mol. The SMILES string of the molecule is O=C1C(=O)N(CCN2CCOCC2)C(c2ccccc2)/C1=C(\O)c1ccc(Cl)cc1. The van der Waals surface area contributed by atoms with Gasteiger partial charge in [0, 0.05) is 36.8 Å². The van der Waals surface area contributed by atoms with Gasteiger partial charge in [-0.15, -0.1) is 0 Å². The molecule has 2 aromatic rings. The van der Waals surface area contributed by atoms with Crippen molar-refractivity contribution >= 4 is 29.1 Å². The van der Waals surface area contributed by atoms with Crippen LogP contribution in [-0.2, 0) is 14.3 Å². The second kappa shape index (κ2) is 9.00. The zero-order valence-electron chi connectivity index (χ0n) is 16.5. The maximum Gasteiger partial charge on any atom is 0.295 e. The molecular weight excluding hydrogens is 404 g/mol. The normalized spacial score (nSPS) is 21.9. The molecular formula is C23H23ClN2O4. The van der Waals surface area contributed by atoms with E-state index in [4.69, 9.17) is 16.3 Å². The van der Waals surface area contributed by atoms with Crippen LogP contribution in [0.2, 0.25) is 5.02 Å². The molecule has 0 bridgehead atoms. The molecule has 7 heteroatoms. The molecule has 1 N–H and O–H groups in total. The number of Topliss-reactive ketones (excluding diaryl/α,β-unsaturated/α-hetero) is 1. The van der Waals surface area contributed by atoms with E-state index in [1.165, 1.54) is 0 Å². The molecule has 2 aromatic carbocycles. The summed E-state index contributed by atoms with van der Waals surface area (Å²) in [5.74, 6) is -1.45. The smallest absolute Gasteiger partial charge is 0.295 e. The Morgan fingerprint density at radius 1 is 1.00 bits per heavy atom. The van der Waals surface area contributed by atoms with E-state index in [-0.39, 0.29) is 11.3 Å². The number of aliphatic hydroxyl groups excluding tert-OH is 1. The summed E-state index contributed by atoms with van der Waals surface area (Å²) in [6.07, 6.45) is 0. The summed E-state index contributed by atoms with van der Waals surface area (Å²) in [6.45, 7) is 3.95. The highest BCUT2D eigenvalue weighted by atomic mass is 35.5. The van der Waals surface area contributed by atoms with E-state index < -0.39 is 17.7 Å². The molecule has 1 unspecified atom stereocenters. The number of ether oxygens (including phenoxy) is 1. The second-order valence-corrected chi connectivity index (χ2v) is 7.80. The molecule has 156 valence electrons. The number of benzene rings is 2. The quantitative estimate of drug-likeness (QED) is 0.452. The van der Waals surface area contributed by atoms with Gasteiger partial charge in [-0.1, -0.05) is 41.9 Å². The van der Waals surface area contributed by atoms with Gasteiger partial charge in [0.15, 0.2) is 0 Å². The van der Waals surface area contributed by atoms with Gasteiger partial charge in [0.25, 0.3) is 11.7 Å². The van der Waals surface area contributed by atoms with Crippen molar-refractivity contribution in [2.24, 2.45) is 0 Å². The Morgan fingerprint density at radius 2 is 1.67 bits per heavy atom. The lowest BCUT2D eigenvalue weighted by Gasteiger charge is -2.31. The fourth-order valence-electron chi connectivity index (χ4n) is 3.93. The summed E-state index contributed by atoms with van der Waals surface area (Å²) >= 11 is 5.95. The Balaban J connectivity index is 1.71. The number of hydrogen-bond donors (Lipinski definition) is 1. The van der Waals surface area contributed by atoms with Gasteiger partial charge in [0.05, 0.1) is 24.8 Å². The number of hydrogen-bond acceptors (Lipinski definition) is 5. The standard InChI is InChI=1S/C23H23ClN2O4/c24-18-8-6-17(7-9-18)21(27)19-20(16-4-2-1-3-5-16)26(23(29)22(19)28)11-10-25-12-14-30-15-13-25/h1-9,20,27H,10-15H2/b21-19+. The molecule has 2 aliphatic rings. The van der Waals surface area contributed by atoms with E-state index in [1.54, 1.807) is 29.2 Å². The maximum atomic E-state index is 13.0. The minimum absolute atomic E-state index is 0.107. The van der Waals surface area contributed by atoms with E-state index in [2.05, 4.69) is 4.90 Å². The van der Waals surface area contributed by atoms with Crippen LogP contribution in [0.25, 0.3) is 5.76 Å². The first-order chi connectivity index (χ1) is 14.6. The molecule has 0 aliphatic carbocycles. The zero-order chi connectivity index (χ0) is 21.1. The third kappa shape index (κ3) is 4.12. The van der Waals surface area contributed by atoms with Crippen LogP contribution in [-0.4, -0.2) is 66.0 Å². The first-order valence-corrected chi connectivity index (χ1v) is 10.3. The fourth-order valence-corrected chi connectivity index (χ4v) is 4.06. The van der Waals surface area contributed by atoms with Crippen LogP contribution in [0.3, 0.4) is 0 Å². The Morgan fingerprint density at radius 3 is 2.33 bits per heavy atom. The van der Waals surface area contributed by atoms with Crippen molar-refractivity contribution in [1.82, 2.24) is 9.80 Å². The van der Waals surface area contributed by atoms with Crippen molar-refractivity contribution < 1.29 is 19.4 Å². The average molecular weight is 427 g/mol. The van der Waals surface area contributed by atoms with Gasteiger partial charge in [-0.25, -0.2) is 0 Å². The molecule has 2 fully saturated rings. The summed E-state index contributed by atoms with van der Waals surface area (Å²) in [6, 6.07) is 15.3. The van der Waals surface area contributed by atoms with Crippen molar-refractivity contribution in [3.8, 4) is 0 Å². The Kier molecular flexibility index (Phi) is 6.18. The zero-order valence-corrected chi connectivity index (χ0v) is 17.2. The molecule has 0 spiro atoms. The van der Waals surface area contributed by atoms with Crippen molar-refractivity contribution in [3.05, 3.63) is 76.3 Å². The van der Waals surface area contributed by atoms with Gasteiger partial charge in [0.1, 0.15) is 5.76 Å². The molecule has 30 heavy (non-hydrogen) atoms. The lowest BCUT2D eigenvalue weighted by atomic mass is 9.95. The minimum Gasteiger partial charge on any atom is -0.507 e. The van der Waals surface area contributed by atoms with Crippen molar-refractivity contribution in [2.45, 2.75) is 6.04 Å². The highest BCUT2D eigenvalue weighted by Crippen LogP contribution is 2.39. The fraction of sp³-hybridized carbons (Fsp3) is 0.304. The molecule has 0 saturated carbocycles. The van der Waals surface area contributed by atoms with Crippen molar-refractivity contribution in [2.75, 3.05) is 39.4 Å². The van der Waals surface area contributed by atoms with Crippen LogP contribution >= 0.6 is 11.6 Å². The second-order valence-electron chi connectivity index (χ2n) is 7.36. The highest BCUT2D eigenvalue weighted by Gasteiger charge is 2.45. The van der Waals surface area contributed by atoms with Gasteiger partial charge >= 0.3 is 0 Å². The van der Waals surface area contributed by atoms with E-state index in [0.717, 1.165) is 18.7 Å². The third-order valence-electron chi connectivity index (χ3n) is 5.53. The number of amides is 1. The topological polar surface area (TPSA) is 70.1 Å². The number of nitrogens with zero attached hydrogens (tertiary/aromatic N) is 2. The lowest BCUT2D eigenvalue weighted by Crippen LogP contribution is -2.42. The summed E-state index contributed by atoms with van der Waals surface area (Å²) in [5.41, 5.74) is 1.34. The van der Waals surface area contributed by atoms with Gasteiger partial charge in [-0.05, 0) is 29.8 Å². The van der Waals surface area contributed by atoms with E-state index >= 15 is 0 Å². The first kappa shape index (κ1) is 20.6. The van der Waals surface area contributed by atoms with Crippen LogP contribution < -0.4 is 0 Å². The number of rotatable bonds is 5. The number of ketones is 1. The molecule has 2 aliphatic heterocycles. The molecule has 4 rings (SSSR count). The number of morpholine rings is 1. The number of aliphatic hydroxyl groups is 1. The van der Waals surface area contributed by atoms with E-state index in [0.29, 0.717) is 36.9 Å². The van der Waals surface area contributed by atoms with Crippen LogP contribution in [0, 0.1) is 0 Å². The number of carbonyl (C=O) groups excluding carboxylic acids is 2. The lowest BCUT2D eigenvalue weighted by molar-refractivity contribution is -0.140. The van der Waals surface area contributed by atoms with Gasteiger partial charge in [-0.2, -0.15) is 0 Å². The largest absolute Gasteiger partial charge is 0.507 e. The van der Waals surface area contributed by atoms with Crippen LogP contribution in [0.15, 0.2) is 60.2 Å². The van der Waals surface area contributed by atoms with Crippen LogP contribution in [0.1, 0.15) is 17.2 Å². The number of likely N-dealkylation sites (tertiary alicyclic amines) is 1. The van der Waals surface area contributed by atoms with E-state index in [9.17, 15) is 14.7 Å². The molecule has 1 atom stereocenters. The van der Waals surface area contributed by atoms with Crippen molar-refractivity contribution in [1.29, 1.82) is 0 Å². The summed E-state index contributed by atoms with van der Waals surface area (Å²) in [4.78, 5) is 29.7. The Hall–Kier alpha value is -2.67. The van der Waals surface area contributed by atoms with E-state index in [1.807, 2.05) is 30.3 Å². The molecule has 2 heterocycles.